The molecule has 3 aromatic rings. The van der Waals surface area contributed by atoms with E-state index >= 15 is 0 Å². The molecular weight excluding hydrogens is 310 g/mol. The molecule has 0 radical (unpaired) electrons. The van der Waals surface area contributed by atoms with Gasteiger partial charge >= 0.3 is 0 Å². The number of pyridine rings is 1. The van der Waals surface area contributed by atoms with Crippen LogP contribution >= 0.6 is 0 Å². The Bertz CT molecular complexity index is 979. The summed E-state index contributed by atoms with van der Waals surface area (Å²) in [7, 11) is 1.94. The first-order valence-electron chi connectivity index (χ1n) is 8.71. The van der Waals surface area contributed by atoms with E-state index in [-0.39, 0.29) is 0 Å². The van der Waals surface area contributed by atoms with Gasteiger partial charge in [0.25, 0.3) is 0 Å². The van der Waals surface area contributed by atoms with Crippen LogP contribution in [0.25, 0.3) is 11.1 Å². The summed E-state index contributed by atoms with van der Waals surface area (Å²) in [5.41, 5.74) is 6.77. The number of rotatable bonds is 3. The van der Waals surface area contributed by atoms with Crippen molar-refractivity contribution in [1.29, 1.82) is 0 Å². The second-order valence-corrected chi connectivity index (χ2v) is 6.69. The molecule has 0 bridgehead atoms. The van der Waals surface area contributed by atoms with Gasteiger partial charge in [-0.2, -0.15) is 5.10 Å². The van der Waals surface area contributed by atoms with Crippen molar-refractivity contribution < 1.29 is 0 Å². The smallest absolute Gasteiger partial charge is 0.129 e. The van der Waals surface area contributed by atoms with E-state index in [0.717, 1.165) is 41.4 Å². The Morgan fingerprint density at radius 2 is 1.84 bits per heavy atom. The maximum atomic E-state index is 4.71. The minimum Gasteiger partial charge on any atom is -0.357 e. The zero-order valence-corrected chi connectivity index (χ0v) is 14.2. The summed E-state index contributed by atoms with van der Waals surface area (Å²) in [6.07, 6.45) is 8.34. The van der Waals surface area contributed by atoms with Crippen LogP contribution < -0.4 is 4.90 Å². The van der Waals surface area contributed by atoms with Gasteiger partial charge in [0.05, 0.1) is 17.6 Å². The van der Waals surface area contributed by atoms with Gasteiger partial charge in [0, 0.05) is 49.2 Å². The molecule has 2 aromatic heterocycles. The second-order valence-electron chi connectivity index (χ2n) is 6.69. The van der Waals surface area contributed by atoms with Crippen molar-refractivity contribution in [2.75, 3.05) is 18.0 Å². The van der Waals surface area contributed by atoms with Crippen LogP contribution in [0.1, 0.15) is 24.0 Å². The van der Waals surface area contributed by atoms with Crippen molar-refractivity contribution in [1.82, 2.24) is 14.8 Å². The molecule has 5 nitrogen and oxygen atoms in total. The molecule has 0 aliphatic carbocycles. The van der Waals surface area contributed by atoms with Gasteiger partial charge in [-0.1, -0.05) is 6.07 Å². The Morgan fingerprint density at radius 1 is 0.960 bits per heavy atom. The quantitative estimate of drug-likeness (QED) is 0.577. The third-order valence-electron chi connectivity index (χ3n) is 4.97. The van der Waals surface area contributed by atoms with Crippen LogP contribution in [0, 0.1) is 0 Å². The lowest BCUT2D eigenvalue weighted by Gasteiger charge is -2.22. The van der Waals surface area contributed by atoms with Gasteiger partial charge in [0.2, 0.25) is 0 Å². The first-order valence-corrected chi connectivity index (χ1v) is 8.71. The zero-order valence-electron chi connectivity index (χ0n) is 14.2. The zero-order chi connectivity index (χ0) is 16.8. The Kier molecular flexibility index (Phi) is 3.20. The van der Waals surface area contributed by atoms with Crippen molar-refractivity contribution in [2.24, 2.45) is 12.0 Å². The Morgan fingerprint density at radius 3 is 2.64 bits per heavy atom. The molecule has 0 amide bonds. The van der Waals surface area contributed by atoms with Crippen LogP contribution in [0.4, 0.5) is 11.5 Å². The van der Waals surface area contributed by atoms with Gasteiger partial charge < -0.3 is 4.90 Å². The summed E-state index contributed by atoms with van der Waals surface area (Å²) in [6, 6.07) is 10.6. The molecule has 2 aliphatic rings. The molecule has 0 atom stereocenters. The predicted molar refractivity (Wildman–Crippen MR) is 99.6 cm³/mol. The minimum atomic E-state index is 1.06. The molecule has 1 fully saturated rings. The predicted octanol–water partition coefficient (Wildman–Crippen LogP) is 3.56. The monoisotopic (exact) mass is 329 g/mol. The SMILES string of the molecule is Cn1cc(-c2ccc3c(c2)C(c2ccnc(N4CCCC4)c2)=N3)cn1. The van der Waals surface area contributed by atoms with E-state index < -0.39 is 0 Å². The maximum Gasteiger partial charge on any atom is 0.129 e. The fourth-order valence-corrected chi connectivity index (χ4v) is 3.61. The van der Waals surface area contributed by atoms with Crippen LogP contribution in [0.15, 0.2) is 53.9 Å². The van der Waals surface area contributed by atoms with Gasteiger partial charge in [-0.25, -0.2) is 9.98 Å². The summed E-state index contributed by atoms with van der Waals surface area (Å²) >= 11 is 0. The summed E-state index contributed by atoms with van der Waals surface area (Å²) in [4.78, 5) is 11.6. The molecule has 124 valence electrons. The summed E-state index contributed by atoms with van der Waals surface area (Å²) in [6.45, 7) is 2.20. The van der Waals surface area contributed by atoms with E-state index in [0.29, 0.717) is 0 Å². The lowest BCUT2D eigenvalue weighted by atomic mass is 9.93. The molecule has 0 unspecified atom stereocenters. The van der Waals surface area contributed by atoms with Crippen molar-refractivity contribution in [3.63, 3.8) is 0 Å². The molecule has 4 heterocycles. The highest BCUT2D eigenvalue weighted by Gasteiger charge is 2.22. The second kappa shape index (κ2) is 5.55. The van der Waals surface area contributed by atoms with Crippen LogP contribution in [0.2, 0.25) is 0 Å². The Hall–Kier alpha value is -2.95. The average Bonchev–Trinajstić information content (AvgIpc) is 3.28. The topological polar surface area (TPSA) is 46.3 Å². The number of aliphatic imine (C=N–C) groups is 1. The molecule has 0 N–H and O–H groups in total. The molecule has 5 heteroatoms. The van der Waals surface area contributed by atoms with Crippen molar-refractivity contribution in [3.05, 3.63) is 60.0 Å². The lowest BCUT2D eigenvalue weighted by Crippen LogP contribution is -2.20. The van der Waals surface area contributed by atoms with E-state index in [1.54, 1.807) is 0 Å². The summed E-state index contributed by atoms with van der Waals surface area (Å²) < 4.78 is 1.83. The van der Waals surface area contributed by atoms with Gasteiger partial charge in [-0.15, -0.1) is 0 Å². The number of hydrogen-bond acceptors (Lipinski definition) is 4. The third kappa shape index (κ3) is 2.43. The number of fused-ring (bicyclic) bond motifs is 1. The highest BCUT2D eigenvalue weighted by molar-refractivity contribution is 6.22. The fraction of sp³-hybridized carbons (Fsp3) is 0.250. The normalized spacial score (nSPS) is 15.7. The van der Waals surface area contributed by atoms with Gasteiger partial charge in [-0.05, 0) is 42.7 Å². The van der Waals surface area contributed by atoms with Gasteiger partial charge in [-0.3, -0.25) is 4.68 Å². The largest absolute Gasteiger partial charge is 0.357 e. The number of hydrogen-bond donors (Lipinski definition) is 0. The number of aromatic nitrogens is 3. The average molecular weight is 329 g/mol. The summed E-state index contributed by atoms with van der Waals surface area (Å²) in [5.74, 6) is 1.06. The minimum absolute atomic E-state index is 1.06. The number of nitrogens with zero attached hydrogens (tertiary/aromatic N) is 5. The molecule has 0 saturated carbocycles. The fourth-order valence-electron chi connectivity index (χ4n) is 3.61. The van der Waals surface area contributed by atoms with Crippen molar-refractivity contribution in [2.45, 2.75) is 12.8 Å². The van der Waals surface area contributed by atoms with Gasteiger partial charge in [0.15, 0.2) is 0 Å². The molecule has 25 heavy (non-hydrogen) atoms. The molecular formula is C20H19N5. The number of aryl methyl sites for hydroxylation is 1. The molecule has 5 rings (SSSR count). The molecule has 1 aromatic carbocycles. The molecule has 2 aliphatic heterocycles. The van der Waals surface area contributed by atoms with Crippen LogP contribution in [0.5, 0.6) is 0 Å². The van der Waals surface area contributed by atoms with Crippen LogP contribution in [0.3, 0.4) is 0 Å². The van der Waals surface area contributed by atoms with Gasteiger partial charge in [0.1, 0.15) is 5.82 Å². The van der Waals surface area contributed by atoms with E-state index in [2.05, 4.69) is 45.3 Å². The van der Waals surface area contributed by atoms with Crippen LogP contribution in [-0.2, 0) is 7.05 Å². The standard InChI is InChI=1S/C20H19N5/c1-24-13-16(12-22-24)14-4-5-18-17(10-14)20(23-18)15-6-7-21-19(11-15)25-8-2-3-9-25/h4-7,10-13H,2-3,8-9H2,1H3. The first kappa shape index (κ1) is 14.4. The van der Waals surface area contributed by atoms with E-state index in [1.807, 2.05) is 30.3 Å². The van der Waals surface area contributed by atoms with Crippen molar-refractivity contribution in [3.8, 4) is 11.1 Å². The highest BCUT2D eigenvalue weighted by atomic mass is 15.2. The Labute approximate surface area is 146 Å². The van der Waals surface area contributed by atoms with Crippen molar-refractivity contribution >= 4 is 17.2 Å². The van der Waals surface area contributed by atoms with Crippen LogP contribution in [-0.4, -0.2) is 33.6 Å². The first-order chi connectivity index (χ1) is 12.3. The Balaban J connectivity index is 1.48. The number of anilines is 1. The lowest BCUT2D eigenvalue weighted by molar-refractivity contribution is 0.768. The highest BCUT2D eigenvalue weighted by Crippen LogP contribution is 2.36. The maximum absolute atomic E-state index is 4.71. The third-order valence-corrected chi connectivity index (χ3v) is 4.97. The molecule has 1 saturated heterocycles. The van der Waals surface area contributed by atoms with E-state index in [1.165, 1.54) is 24.0 Å². The molecule has 0 spiro atoms. The van der Waals surface area contributed by atoms with E-state index in [9.17, 15) is 0 Å². The van der Waals surface area contributed by atoms with E-state index in [4.69, 9.17) is 4.99 Å². The summed E-state index contributed by atoms with van der Waals surface area (Å²) in [5, 5.41) is 4.27. The number of benzene rings is 1.